The van der Waals surface area contributed by atoms with Crippen molar-refractivity contribution < 1.29 is 14.3 Å². The second kappa shape index (κ2) is 10.6. The zero-order chi connectivity index (χ0) is 22.2. The van der Waals surface area contributed by atoms with Gasteiger partial charge in [0, 0.05) is 12.2 Å². The molecular weight excluding hydrogens is 412 g/mol. The van der Waals surface area contributed by atoms with Crippen LogP contribution < -0.4 is 20.7 Å². The summed E-state index contributed by atoms with van der Waals surface area (Å²) in [5.41, 5.74) is 1.78. The van der Waals surface area contributed by atoms with Crippen LogP contribution in [0.15, 0.2) is 66.7 Å². The minimum atomic E-state index is -0.354. The molecule has 7 nitrogen and oxygen atoms in total. The monoisotopic (exact) mass is 438 g/mol. The molecule has 0 fully saturated rings. The Labute approximate surface area is 186 Å². The van der Waals surface area contributed by atoms with Crippen LogP contribution >= 0.6 is 11.3 Å². The number of benzene rings is 2. The van der Waals surface area contributed by atoms with Gasteiger partial charge in [0.25, 0.3) is 5.91 Å². The summed E-state index contributed by atoms with van der Waals surface area (Å²) in [5.74, 6) is 0.613. The molecule has 0 aliphatic rings. The lowest BCUT2D eigenvalue weighted by Crippen LogP contribution is -2.34. The molecule has 3 N–H and O–H groups in total. The van der Waals surface area contributed by atoms with Crippen molar-refractivity contribution in [2.45, 2.75) is 6.04 Å². The topological polar surface area (TPSA) is 82.7 Å². The van der Waals surface area contributed by atoms with Crippen LogP contribution in [0.5, 0.6) is 5.75 Å². The van der Waals surface area contributed by atoms with E-state index in [2.05, 4.69) is 20.9 Å². The van der Waals surface area contributed by atoms with Crippen LogP contribution in [0.3, 0.4) is 0 Å². The molecule has 3 amide bonds. The van der Waals surface area contributed by atoms with E-state index in [1.54, 1.807) is 31.4 Å². The number of amides is 3. The first-order chi connectivity index (χ1) is 15.0. The van der Waals surface area contributed by atoms with E-state index >= 15 is 0 Å². The maximum Gasteiger partial charge on any atom is 0.324 e. The fourth-order valence-electron chi connectivity index (χ4n) is 3.02. The minimum Gasteiger partial charge on any atom is -0.497 e. The number of rotatable bonds is 8. The Morgan fingerprint density at radius 3 is 2.32 bits per heavy atom. The van der Waals surface area contributed by atoms with Crippen LogP contribution in [-0.2, 0) is 0 Å². The van der Waals surface area contributed by atoms with Crippen LogP contribution in [0.25, 0.3) is 0 Å². The largest absolute Gasteiger partial charge is 0.497 e. The highest BCUT2D eigenvalue weighted by Gasteiger charge is 2.17. The van der Waals surface area contributed by atoms with Gasteiger partial charge in [0.05, 0.1) is 23.0 Å². The quantitative estimate of drug-likeness (QED) is 0.486. The van der Waals surface area contributed by atoms with Gasteiger partial charge in [-0.2, -0.15) is 0 Å². The average Bonchev–Trinajstić information content (AvgIpc) is 3.23. The first-order valence-corrected chi connectivity index (χ1v) is 10.6. The van der Waals surface area contributed by atoms with Gasteiger partial charge >= 0.3 is 6.03 Å². The molecule has 0 aliphatic heterocycles. The molecule has 1 heterocycles. The van der Waals surface area contributed by atoms with E-state index in [0.717, 1.165) is 11.3 Å². The zero-order valence-corrected chi connectivity index (χ0v) is 18.5. The number of hydrogen-bond acceptors (Lipinski definition) is 5. The Balaban J connectivity index is 1.56. The van der Waals surface area contributed by atoms with E-state index in [4.69, 9.17) is 4.74 Å². The molecule has 31 heavy (non-hydrogen) atoms. The maximum absolute atomic E-state index is 12.6. The third-order valence-corrected chi connectivity index (χ3v) is 5.68. The summed E-state index contributed by atoms with van der Waals surface area (Å²) in [6.45, 7) is 0.452. The van der Waals surface area contributed by atoms with E-state index in [1.165, 1.54) is 11.3 Å². The SMILES string of the molecule is COc1ccc(C(CNC(=O)c2ccc(NC(=O)Nc3ccccc3)s2)N(C)C)cc1. The molecule has 0 saturated heterocycles. The van der Waals surface area contributed by atoms with Crippen LogP contribution in [0.1, 0.15) is 21.3 Å². The number of likely N-dealkylation sites (N-methyl/N-ethyl adjacent to an activating group) is 1. The van der Waals surface area contributed by atoms with Crippen LogP contribution in [0, 0.1) is 0 Å². The van der Waals surface area contributed by atoms with Gasteiger partial charge in [0.1, 0.15) is 5.75 Å². The number of hydrogen-bond donors (Lipinski definition) is 3. The second-order valence-corrected chi connectivity index (χ2v) is 8.16. The number of carbonyl (C=O) groups excluding carboxylic acids is 2. The number of ether oxygens (including phenoxy) is 1. The van der Waals surface area contributed by atoms with Crippen molar-refractivity contribution in [3.05, 3.63) is 77.2 Å². The minimum absolute atomic E-state index is 0.0177. The van der Waals surface area contributed by atoms with Crippen molar-refractivity contribution >= 4 is 34.0 Å². The molecule has 162 valence electrons. The molecule has 3 aromatic rings. The van der Waals surface area contributed by atoms with Gasteiger partial charge in [-0.15, -0.1) is 11.3 Å². The summed E-state index contributed by atoms with van der Waals surface area (Å²) in [7, 11) is 5.58. The van der Waals surface area contributed by atoms with Gasteiger partial charge in [0.15, 0.2) is 0 Å². The van der Waals surface area contributed by atoms with Crippen molar-refractivity contribution in [3.8, 4) is 5.75 Å². The second-order valence-electron chi connectivity index (χ2n) is 7.07. The summed E-state index contributed by atoms with van der Waals surface area (Å²) in [6, 6.07) is 20.1. The lowest BCUT2D eigenvalue weighted by Gasteiger charge is -2.25. The van der Waals surface area contributed by atoms with Gasteiger partial charge in [-0.05, 0) is 56.1 Å². The summed E-state index contributed by atoms with van der Waals surface area (Å²) >= 11 is 1.23. The Morgan fingerprint density at radius 2 is 1.68 bits per heavy atom. The summed E-state index contributed by atoms with van der Waals surface area (Å²) in [6.07, 6.45) is 0. The first-order valence-electron chi connectivity index (χ1n) is 9.77. The molecule has 0 aliphatic carbocycles. The molecule has 1 aromatic heterocycles. The number of nitrogens with zero attached hydrogens (tertiary/aromatic N) is 1. The van der Waals surface area contributed by atoms with E-state index < -0.39 is 0 Å². The number of methoxy groups -OCH3 is 1. The van der Waals surface area contributed by atoms with Crippen molar-refractivity contribution in [1.82, 2.24) is 10.2 Å². The number of nitrogens with one attached hydrogen (secondary N) is 3. The molecule has 0 spiro atoms. The fraction of sp³-hybridized carbons (Fsp3) is 0.217. The highest BCUT2D eigenvalue weighted by atomic mass is 32.1. The van der Waals surface area contributed by atoms with E-state index in [-0.39, 0.29) is 18.0 Å². The van der Waals surface area contributed by atoms with E-state index in [1.807, 2.05) is 56.6 Å². The highest BCUT2D eigenvalue weighted by Crippen LogP contribution is 2.24. The Hall–Kier alpha value is -3.36. The summed E-state index contributed by atoms with van der Waals surface area (Å²) < 4.78 is 5.21. The molecule has 0 radical (unpaired) electrons. The molecular formula is C23H26N4O3S. The Morgan fingerprint density at radius 1 is 0.968 bits per heavy atom. The third kappa shape index (κ3) is 6.31. The zero-order valence-electron chi connectivity index (χ0n) is 17.7. The number of thiophene rings is 1. The normalized spacial score (nSPS) is 11.6. The summed E-state index contributed by atoms with van der Waals surface area (Å²) in [4.78, 5) is 27.3. The van der Waals surface area contributed by atoms with Gasteiger partial charge < -0.3 is 20.3 Å². The van der Waals surface area contributed by atoms with Crippen LogP contribution in [-0.4, -0.2) is 44.6 Å². The van der Waals surface area contributed by atoms with Crippen molar-refractivity contribution in [3.63, 3.8) is 0 Å². The Bertz CT molecular complexity index is 1000. The lowest BCUT2D eigenvalue weighted by molar-refractivity contribution is 0.0946. The number of anilines is 2. The number of para-hydroxylation sites is 1. The van der Waals surface area contributed by atoms with E-state index in [0.29, 0.717) is 22.1 Å². The van der Waals surface area contributed by atoms with Gasteiger partial charge in [-0.25, -0.2) is 4.79 Å². The lowest BCUT2D eigenvalue weighted by atomic mass is 10.1. The molecule has 1 atom stereocenters. The molecule has 0 saturated carbocycles. The predicted molar refractivity (Wildman–Crippen MR) is 125 cm³/mol. The maximum atomic E-state index is 12.6. The van der Waals surface area contributed by atoms with Gasteiger partial charge in [-0.3, -0.25) is 10.1 Å². The highest BCUT2D eigenvalue weighted by molar-refractivity contribution is 7.18. The molecule has 1 unspecified atom stereocenters. The number of urea groups is 1. The summed E-state index contributed by atoms with van der Waals surface area (Å²) in [5, 5.41) is 9.08. The molecule has 3 rings (SSSR count). The smallest absolute Gasteiger partial charge is 0.324 e. The van der Waals surface area contributed by atoms with E-state index in [9.17, 15) is 9.59 Å². The third-order valence-electron chi connectivity index (χ3n) is 4.68. The van der Waals surface area contributed by atoms with Crippen LogP contribution in [0.4, 0.5) is 15.5 Å². The fourth-order valence-corrected chi connectivity index (χ4v) is 3.84. The average molecular weight is 439 g/mol. The standard InChI is InChI=1S/C23H26N4O3S/c1-27(2)19(16-9-11-18(30-3)12-10-16)15-24-22(28)20-13-14-21(31-20)26-23(29)25-17-7-5-4-6-8-17/h4-14,19H,15H2,1-3H3,(H,24,28)(H2,25,26,29). The first kappa shape index (κ1) is 22.3. The van der Waals surface area contributed by atoms with Crippen molar-refractivity contribution in [1.29, 1.82) is 0 Å². The van der Waals surface area contributed by atoms with Gasteiger partial charge in [0.2, 0.25) is 0 Å². The predicted octanol–water partition coefficient (Wildman–Crippen LogP) is 4.43. The Kier molecular flexibility index (Phi) is 7.64. The number of carbonyl (C=O) groups is 2. The molecule has 8 heteroatoms. The van der Waals surface area contributed by atoms with Crippen molar-refractivity contribution in [2.75, 3.05) is 38.4 Å². The molecule has 0 bridgehead atoms. The van der Waals surface area contributed by atoms with Crippen molar-refractivity contribution in [2.24, 2.45) is 0 Å². The van der Waals surface area contributed by atoms with Gasteiger partial charge in [-0.1, -0.05) is 30.3 Å². The molecule has 2 aromatic carbocycles. The van der Waals surface area contributed by atoms with Crippen LogP contribution in [0.2, 0.25) is 0 Å².